The number of morpholine rings is 1. The van der Waals surface area contributed by atoms with Gasteiger partial charge in [-0.3, -0.25) is 0 Å². The van der Waals surface area contributed by atoms with Crippen LogP contribution >= 0.6 is 0 Å². The number of benzene rings is 2. The fourth-order valence-electron chi connectivity index (χ4n) is 3.31. The number of hydrogen-bond donors (Lipinski definition) is 3. The molecule has 1 saturated heterocycles. The first-order valence-electron chi connectivity index (χ1n) is 10.00. The Labute approximate surface area is 179 Å². The molecule has 0 aliphatic carbocycles. The molecule has 31 heavy (non-hydrogen) atoms. The number of anilines is 2. The number of aliphatic carboxylic acids is 1. The molecule has 1 aliphatic heterocycles. The van der Waals surface area contributed by atoms with Crippen LogP contribution < -0.4 is 10.2 Å². The molecule has 1 atom stereocenters. The predicted molar refractivity (Wildman–Crippen MR) is 115 cm³/mol. The van der Waals surface area contributed by atoms with E-state index in [1.807, 2.05) is 35.2 Å². The number of hydrogen-bond acceptors (Lipinski definition) is 8. The average Bonchev–Trinajstić information content (AvgIpc) is 2.80. The summed E-state index contributed by atoms with van der Waals surface area (Å²) in [7, 11) is 0. The van der Waals surface area contributed by atoms with Crippen molar-refractivity contribution in [2.75, 3.05) is 36.5 Å². The van der Waals surface area contributed by atoms with E-state index in [4.69, 9.17) is 4.74 Å². The van der Waals surface area contributed by atoms with Crippen LogP contribution in [0.1, 0.15) is 5.56 Å². The van der Waals surface area contributed by atoms with Crippen LogP contribution in [0.2, 0.25) is 0 Å². The topological polar surface area (TPSA) is 121 Å². The molecule has 2 heterocycles. The molecule has 1 unspecified atom stereocenters. The van der Waals surface area contributed by atoms with Crippen molar-refractivity contribution in [1.29, 1.82) is 0 Å². The number of carboxylic acids is 1. The Hall–Kier alpha value is -3.72. The Morgan fingerprint density at radius 1 is 1.06 bits per heavy atom. The van der Waals surface area contributed by atoms with Crippen molar-refractivity contribution in [3.8, 4) is 17.1 Å². The lowest BCUT2D eigenvalue weighted by Gasteiger charge is -2.27. The first kappa shape index (κ1) is 20.5. The number of nitrogens with zero attached hydrogens (tertiary/aromatic N) is 4. The van der Waals surface area contributed by atoms with Crippen LogP contribution in [0.4, 0.5) is 11.9 Å². The highest BCUT2D eigenvalue weighted by molar-refractivity contribution is 5.77. The number of aromatic hydroxyl groups is 1. The van der Waals surface area contributed by atoms with E-state index in [2.05, 4.69) is 20.3 Å². The molecular weight excluding hydrogens is 398 g/mol. The first-order valence-corrected chi connectivity index (χ1v) is 10.00. The van der Waals surface area contributed by atoms with Crippen LogP contribution in [0.3, 0.4) is 0 Å². The molecule has 0 saturated carbocycles. The van der Waals surface area contributed by atoms with Crippen LogP contribution in [0.5, 0.6) is 5.75 Å². The van der Waals surface area contributed by atoms with Gasteiger partial charge in [0.05, 0.1) is 13.2 Å². The van der Waals surface area contributed by atoms with Crippen molar-refractivity contribution in [3.05, 3.63) is 60.2 Å². The zero-order chi connectivity index (χ0) is 21.6. The summed E-state index contributed by atoms with van der Waals surface area (Å²) >= 11 is 0. The van der Waals surface area contributed by atoms with Gasteiger partial charge in [0.15, 0.2) is 5.82 Å². The highest BCUT2D eigenvalue weighted by atomic mass is 16.5. The molecule has 4 rings (SSSR count). The molecule has 160 valence electrons. The normalized spacial score (nSPS) is 14.8. The van der Waals surface area contributed by atoms with Gasteiger partial charge in [0.25, 0.3) is 0 Å². The third-order valence-corrected chi connectivity index (χ3v) is 4.91. The lowest BCUT2D eigenvalue weighted by molar-refractivity contribution is -0.137. The summed E-state index contributed by atoms with van der Waals surface area (Å²) in [5.41, 5.74) is 1.49. The van der Waals surface area contributed by atoms with Gasteiger partial charge in [0.1, 0.15) is 11.8 Å². The molecule has 0 spiro atoms. The largest absolute Gasteiger partial charge is 0.508 e. The number of carbonyl (C=O) groups is 1. The maximum Gasteiger partial charge on any atom is 0.326 e. The minimum atomic E-state index is -1.00. The lowest BCUT2D eigenvalue weighted by atomic mass is 10.1. The Morgan fingerprint density at radius 3 is 2.55 bits per heavy atom. The summed E-state index contributed by atoms with van der Waals surface area (Å²) in [5, 5.41) is 22.5. The van der Waals surface area contributed by atoms with Crippen LogP contribution in [0.15, 0.2) is 54.6 Å². The molecule has 9 nitrogen and oxygen atoms in total. The Balaban J connectivity index is 1.67. The van der Waals surface area contributed by atoms with Gasteiger partial charge >= 0.3 is 5.97 Å². The molecule has 0 amide bonds. The number of nitrogens with one attached hydrogen (secondary N) is 1. The van der Waals surface area contributed by atoms with E-state index in [0.29, 0.717) is 43.6 Å². The molecule has 1 aromatic heterocycles. The maximum absolute atomic E-state index is 11.9. The van der Waals surface area contributed by atoms with E-state index >= 15 is 0 Å². The molecule has 9 heteroatoms. The summed E-state index contributed by atoms with van der Waals surface area (Å²) in [6.07, 6.45) is 0.274. The monoisotopic (exact) mass is 421 g/mol. The van der Waals surface area contributed by atoms with Gasteiger partial charge in [-0.05, 0) is 17.7 Å². The third-order valence-electron chi connectivity index (χ3n) is 4.91. The minimum absolute atomic E-state index is 0.0906. The molecule has 3 aromatic rings. The lowest BCUT2D eigenvalue weighted by Crippen LogP contribution is -2.38. The summed E-state index contributed by atoms with van der Waals surface area (Å²) in [5.74, 6) is 0.0313. The summed E-state index contributed by atoms with van der Waals surface area (Å²) in [6, 6.07) is 15.1. The van der Waals surface area contributed by atoms with Gasteiger partial charge in [-0.1, -0.05) is 42.5 Å². The van der Waals surface area contributed by atoms with Gasteiger partial charge in [-0.15, -0.1) is 0 Å². The van der Waals surface area contributed by atoms with Crippen molar-refractivity contribution < 1.29 is 19.7 Å². The van der Waals surface area contributed by atoms with Crippen molar-refractivity contribution in [3.63, 3.8) is 0 Å². The molecular formula is C22H23N5O4. The van der Waals surface area contributed by atoms with Gasteiger partial charge in [-0.25, -0.2) is 4.79 Å². The van der Waals surface area contributed by atoms with Crippen molar-refractivity contribution in [2.45, 2.75) is 12.5 Å². The third kappa shape index (κ3) is 5.26. The van der Waals surface area contributed by atoms with Crippen LogP contribution in [0.25, 0.3) is 11.4 Å². The molecule has 2 aromatic carbocycles. The fraction of sp³-hybridized carbons (Fsp3) is 0.273. The van der Waals surface area contributed by atoms with Crippen molar-refractivity contribution >= 4 is 17.9 Å². The van der Waals surface area contributed by atoms with Crippen molar-refractivity contribution in [1.82, 2.24) is 15.0 Å². The Kier molecular flexibility index (Phi) is 6.23. The molecule has 0 bridgehead atoms. The van der Waals surface area contributed by atoms with Gasteiger partial charge in [0.2, 0.25) is 11.9 Å². The summed E-state index contributed by atoms with van der Waals surface area (Å²) in [6.45, 7) is 2.36. The van der Waals surface area contributed by atoms with E-state index in [1.165, 1.54) is 0 Å². The van der Waals surface area contributed by atoms with Gasteiger partial charge in [-0.2, -0.15) is 15.0 Å². The molecule has 1 fully saturated rings. The standard InChI is InChI=1S/C22H23N5O4/c28-17-8-4-7-16(14-17)19-24-21(26-22(25-19)27-9-11-31-12-10-27)23-18(20(29)30)13-15-5-2-1-3-6-15/h1-8,14,18,28H,9-13H2,(H,29,30)(H,23,24,25,26). The predicted octanol–water partition coefficient (Wildman–Crippen LogP) is 2.19. The van der Waals surface area contributed by atoms with Gasteiger partial charge in [0, 0.05) is 25.1 Å². The zero-order valence-electron chi connectivity index (χ0n) is 16.8. The average molecular weight is 421 g/mol. The number of phenolic OH excluding ortho intramolecular Hbond substituents is 1. The van der Waals surface area contributed by atoms with Gasteiger partial charge < -0.3 is 25.2 Å². The fourth-order valence-corrected chi connectivity index (χ4v) is 3.31. The van der Waals surface area contributed by atoms with E-state index in [9.17, 15) is 15.0 Å². The van der Waals surface area contributed by atoms with Crippen LogP contribution in [-0.2, 0) is 16.0 Å². The Morgan fingerprint density at radius 2 is 1.84 bits per heavy atom. The molecule has 3 N–H and O–H groups in total. The number of ether oxygens (including phenoxy) is 1. The number of carboxylic acid groups (broad SMARTS) is 1. The second-order valence-electron chi connectivity index (χ2n) is 7.16. The zero-order valence-corrected chi connectivity index (χ0v) is 16.8. The second-order valence-corrected chi connectivity index (χ2v) is 7.16. The number of rotatable bonds is 7. The second kappa shape index (κ2) is 9.40. The van der Waals surface area contributed by atoms with E-state index in [-0.39, 0.29) is 18.1 Å². The summed E-state index contributed by atoms with van der Waals surface area (Å²) in [4.78, 5) is 27.3. The van der Waals surface area contributed by atoms with Crippen LogP contribution in [-0.4, -0.2) is 63.5 Å². The Bertz CT molecular complexity index is 1040. The summed E-state index contributed by atoms with van der Waals surface area (Å²) < 4.78 is 5.41. The van der Waals surface area contributed by atoms with E-state index < -0.39 is 12.0 Å². The smallest absolute Gasteiger partial charge is 0.326 e. The molecule has 0 radical (unpaired) electrons. The van der Waals surface area contributed by atoms with Crippen molar-refractivity contribution in [2.24, 2.45) is 0 Å². The SMILES string of the molecule is O=C(O)C(Cc1ccccc1)Nc1nc(-c2cccc(O)c2)nc(N2CCOCC2)n1. The highest BCUT2D eigenvalue weighted by Crippen LogP contribution is 2.24. The number of aromatic nitrogens is 3. The minimum Gasteiger partial charge on any atom is -0.508 e. The first-order chi connectivity index (χ1) is 15.1. The maximum atomic E-state index is 11.9. The number of phenols is 1. The van der Waals surface area contributed by atoms with E-state index in [0.717, 1.165) is 5.56 Å². The highest BCUT2D eigenvalue weighted by Gasteiger charge is 2.22. The quantitative estimate of drug-likeness (QED) is 0.527. The van der Waals surface area contributed by atoms with Crippen LogP contribution in [0, 0.1) is 0 Å². The van der Waals surface area contributed by atoms with E-state index in [1.54, 1.807) is 24.3 Å². The molecule has 1 aliphatic rings.